The fourth-order valence-corrected chi connectivity index (χ4v) is 3.09. The summed E-state index contributed by atoms with van der Waals surface area (Å²) in [7, 11) is 1.37. The van der Waals surface area contributed by atoms with Crippen molar-refractivity contribution in [2.45, 2.75) is 31.7 Å². The molecule has 3 rings (SSSR count). The van der Waals surface area contributed by atoms with Crippen LogP contribution in [-0.4, -0.2) is 41.5 Å². The van der Waals surface area contributed by atoms with Gasteiger partial charge in [-0.15, -0.1) is 0 Å². The van der Waals surface area contributed by atoms with Crippen LogP contribution in [0.3, 0.4) is 0 Å². The lowest BCUT2D eigenvalue weighted by atomic mass is 10.0. The average molecular weight is 300 g/mol. The van der Waals surface area contributed by atoms with Crippen LogP contribution in [0.15, 0.2) is 30.5 Å². The number of rotatable bonds is 3. The van der Waals surface area contributed by atoms with Gasteiger partial charge in [0.2, 0.25) is 5.91 Å². The Morgan fingerprint density at radius 2 is 2.18 bits per heavy atom. The number of amides is 1. The van der Waals surface area contributed by atoms with Gasteiger partial charge < -0.3 is 14.6 Å². The third-order valence-corrected chi connectivity index (χ3v) is 4.27. The Kier molecular flexibility index (Phi) is 4.13. The molecule has 1 amide bonds. The van der Waals surface area contributed by atoms with Gasteiger partial charge in [0.25, 0.3) is 0 Å². The summed E-state index contributed by atoms with van der Waals surface area (Å²) >= 11 is 0. The van der Waals surface area contributed by atoms with Gasteiger partial charge in [0.15, 0.2) is 0 Å². The molecule has 1 unspecified atom stereocenters. The number of hydrogen-bond donors (Lipinski definition) is 1. The van der Waals surface area contributed by atoms with E-state index in [4.69, 9.17) is 4.74 Å². The maximum Gasteiger partial charge on any atom is 0.328 e. The Morgan fingerprint density at radius 1 is 1.32 bits per heavy atom. The molecule has 1 aromatic heterocycles. The number of esters is 1. The van der Waals surface area contributed by atoms with Gasteiger partial charge in [-0.1, -0.05) is 12.1 Å². The maximum atomic E-state index is 12.6. The lowest BCUT2D eigenvalue weighted by Gasteiger charge is -2.33. The molecule has 2 aromatic rings. The number of hydrogen-bond acceptors (Lipinski definition) is 3. The topological polar surface area (TPSA) is 62.4 Å². The molecule has 0 aliphatic carbocycles. The zero-order valence-electron chi connectivity index (χ0n) is 12.7. The molecule has 1 fully saturated rings. The molecular weight excluding hydrogens is 280 g/mol. The SMILES string of the molecule is COC(=O)C1CCCCN1C(=O)Cc1ccc2cc[nH]c2c1. The summed E-state index contributed by atoms with van der Waals surface area (Å²) in [4.78, 5) is 29.3. The largest absolute Gasteiger partial charge is 0.467 e. The Labute approximate surface area is 129 Å². The fourth-order valence-electron chi connectivity index (χ4n) is 3.09. The van der Waals surface area contributed by atoms with Crippen molar-refractivity contribution in [3.63, 3.8) is 0 Å². The van der Waals surface area contributed by atoms with Crippen molar-refractivity contribution in [1.29, 1.82) is 0 Å². The van der Waals surface area contributed by atoms with Crippen LogP contribution in [0, 0.1) is 0 Å². The van der Waals surface area contributed by atoms with E-state index in [1.807, 2.05) is 30.5 Å². The molecule has 116 valence electrons. The standard InChI is InChI=1S/C17H20N2O3/c1-22-17(21)15-4-2-3-9-19(15)16(20)11-12-5-6-13-7-8-18-14(13)10-12/h5-8,10,15,18H,2-4,9,11H2,1H3. The van der Waals surface area contributed by atoms with E-state index < -0.39 is 6.04 Å². The van der Waals surface area contributed by atoms with E-state index in [-0.39, 0.29) is 11.9 Å². The minimum atomic E-state index is -0.430. The maximum absolute atomic E-state index is 12.6. The van der Waals surface area contributed by atoms with Crippen LogP contribution in [0.25, 0.3) is 10.9 Å². The number of carbonyl (C=O) groups is 2. The number of H-pyrrole nitrogens is 1. The molecule has 22 heavy (non-hydrogen) atoms. The average Bonchev–Trinajstić information content (AvgIpc) is 3.01. The number of ether oxygens (including phenoxy) is 1. The number of piperidine rings is 1. The van der Waals surface area contributed by atoms with E-state index in [1.165, 1.54) is 7.11 Å². The summed E-state index contributed by atoms with van der Waals surface area (Å²) in [6, 6.07) is 7.53. The van der Waals surface area contributed by atoms with Crippen molar-refractivity contribution in [2.24, 2.45) is 0 Å². The summed E-state index contributed by atoms with van der Waals surface area (Å²) in [5, 5.41) is 1.13. The number of carbonyl (C=O) groups excluding carboxylic acids is 2. The van der Waals surface area contributed by atoms with E-state index in [9.17, 15) is 9.59 Å². The Balaban J connectivity index is 1.75. The molecule has 1 aliphatic heterocycles. The first kappa shape index (κ1) is 14.6. The molecule has 1 saturated heterocycles. The summed E-state index contributed by atoms with van der Waals surface area (Å²) < 4.78 is 4.83. The summed E-state index contributed by atoms with van der Waals surface area (Å²) in [6.45, 7) is 0.628. The van der Waals surface area contributed by atoms with Crippen LogP contribution < -0.4 is 0 Å². The van der Waals surface area contributed by atoms with Gasteiger partial charge in [0.05, 0.1) is 13.5 Å². The Bertz CT molecular complexity index is 692. The number of fused-ring (bicyclic) bond motifs is 1. The van der Waals surface area contributed by atoms with Gasteiger partial charge in [-0.05, 0) is 42.3 Å². The fraction of sp³-hybridized carbons (Fsp3) is 0.412. The quantitative estimate of drug-likeness (QED) is 0.884. The lowest BCUT2D eigenvalue weighted by Crippen LogP contribution is -2.49. The third-order valence-electron chi connectivity index (χ3n) is 4.27. The Morgan fingerprint density at radius 3 is 3.00 bits per heavy atom. The normalized spacial score (nSPS) is 18.4. The highest BCUT2D eigenvalue weighted by Gasteiger charge is 2.32. The van der Waals surface area contributed by atoms with Crippen LogP contribution in [-0.2, 0) is 20.7 Å². The number of nitrogens with zero attached hydrogens (tertiary/aromatic N) is 1. The van der Waals surface area contributed by atoms with Crippen LogP contribution in [0.1, 0.15) is 24.8 Å². The number of nitrogens with one attached hydrogen (secondary N) is 1. The van der Waals surface area contributed by atoms with Gasteiger partial charge in [0.1, 0.15) is 6.04 Å². The highest BCUT2D eigenvalue weighted by molar-refractivity contribution is 5.87. The van der Waals surface area contributed by atoms with E-state index in [0.29, 0.717) is 19.4 Å². The van der Waals surface area contributed by atoms with Crippen LogP contribution in [0.5, 0.6) is 0 Å². The second-order valence-corrected chi connectivity index (χ2v) is 5.70. The molecule has 1 atom stereocenters. The molecule has 5 heteroatoms. The van der Waals surface area contributed by atoms with Gasteiger partial charge in [-0.25, -0.2) is 4.79 Å². The van der Waals surface area contributed by atoms with Crippen LogP contribution >= 0.6 is 0 Å². The molecule has 1 aromatic carbocycles. The number of benzene rings is 1. The number of aromatic nitrogens is 1. The summed E-state index contributed by atoms with van der Waals surface area (Å²) in [5.41, 5.74) is 1.97. The van der Waals surface area contributed by atoms with Crippen LogP contribution in [0.4, 0.5) is 0 Å². The second kappa shape index (κ2) is 6.22. The minimum Gasteiger partial charge on any atom is -0.467 e. The van der Waals surface area contributed by atoms with Gasteiger partial charge in [-0.3, -0.25) is 4.79 Å². The smallest absolute Gasteiger partial charge is 0.328 e. The van der Waals surface area contributed by atoms with E-state index in [0.717, 1.165) is 29.3 Å². The van der Waals surface area contributed by atoms with Crippen molar-refractivity contribution in [3.8, 4) is 0 Å². The van der Waals surface area contributed by atoms with Crippen molar-refractivity contribution in [2.75, 3.05) is 13.7 Å². The van der Waals surface area contributed by atoms with E-state index in [1.54, 1.807) is 4.90 Å². The third kappa shape index (κ3) is 2.84. The first-order chi connectivity index (χ1) is 10.7. The zero-order valence-corrected chi connectivity index (χ0v) is 12.7. The van der Waals surface area contributed by atoms with E-state index in [2.05, 4.69) is 4.98 Å². The van der Waals surface area contributed by atoms with Crippen molar-refractivity contribution in [1.82, 2.24) is 9.88 Å². The lowest BCUT2D eigenvalue weighted by molar-refractivity contribution is -0.154. The molecule has 1 aliphatic rings. The number of likely N-dealkylation sites (tertiary alicyclic amines) is 1. The highest BCUT2D eigenvalue weighted by atomic mass is 16.5. The van der Waals surface area contributed by atoms with Crippen molar-refractivity contribution < 1.29 is 14.3 Å². The van der Waals surface area contributed by atoms with Gasteiger partial charge in [-0.2, -0.15) is 0 Å². The molecule has 1 N–H and O–H groups in total. The highest BCUT2D eigenvalue weighted by Crippen LogP contribution is 2.20. The molecule has 0 bridgehead atoms. The predicted molar refractivity (Wildman–Crippen MR) is 83.4 cm³/mol. The molecule has 0 radical (unpaired) electrons. The monoisotopic (exact) mass is 300 g/mol. The molecule has 2 heterocycles. The minimum absolute atomic E-state index is 0.0130. The number of aromatic amines is 1. The van der Waals surface area contributed by atoms with Crippen LogP contribution in [0.2, 0.25) is 0 Å². The molecule has 5 nitrogen and oxygen atoms in total. The predicted octanol–water partition coefficient (Wildman–Crippen LogP) is 2.26. The molecular formula is C17H20N2O3. The first-order valence-electron chi connectivity index (χ1n) is 7.62. The summed E-state index contributed by atoms with van der Waals surface area (Å²) in [5.74, 6) is -0.325. The van der Waals surface area contributed by atoms with Crippen molar-refractivity contribution in [3.05, 3.63) is 36.0 Å². The molecule has 0 spiro atoms. The van der Waals surface area contributed by atoms with Gasteiger partial charge >= 0.3 is 5.97 Å². The van der Waals surface area contributed by atoms with E-state index >= 15 is 0 Å². The zero-order chi connectivity index (χ0) is 15.5. The second-order valence-electron chi connectivity index (χ2n) is 5.70. The first-order valence-corrected chi connectivity index (χ1v) is 7.62. The Hall–Kier alpha value is -2.30. The number of methoxy groups -OCH3 is 1. The van der Waals surface area contributed by atoms with Crippen molar-refractivity contribution >= 4 is 22.8 Å². The van der Waals surface area contributed by atoms with Gasteiger partial charge in [0, 0.05) is 18.3 Å². The molecule has 0 saturated carbocycles. The summed E-state index contributed by atoms with van der Waals surface area (Å²) in [6.07, 6.45) is 4.78.